The number of benzene rings is 1. The number of aromatic nitrogens is 2. The van der Waals surface area contributed by atoms with Crippen LogP contribution in [0, 0.1) is 0 Å². The molecule has 0 atom stereocenters. The van der Waals surface area contributed by atoms with Gasteiger partial charge in [0, 0.05) is 30.5 Å². The first kappa shape index (κ1) is 17.1. The number of aryl methyl sites for hydroxylation is 1. The van der Waals surface area contributed by atoms with E-state index in [0.29, 0.717) is 5.95 Å². The normalized spacial score (nSPS) is 10.4. The molecule has 0 saturated heterocycles. The molecule has 0 aliphatic rings. The lowest BCUT2D eigenvalue weighted by Gasteiger charge is -2.21. The molecule has 0 amide bonds. The number of methoxy groups -OCH3 is 1. The minimum Gasteiger partial charge on any atom is -0.497 e. The van der Waals surface area contributed by atoms with Gasteiger partial charge in [-0.05, 0) is 44.5 Å². The second-order valence-electron chi connectivity index (χ2n) is 5.32. The molecular weight excluding hydrogens is 288 g/mol. The summed E-state index contributed by atoms with van der Waals surface area (Å²) >= 11 is 0. The van der Waals surface area contributed by atoms with Gasteiger partial charge in [0.15, 0.2) is 0 Å². The maximum absolute atomic E-state index is 5.18. The van der Waals surface area contributed by atoms with Gasteiger partial charge in [0.2, 0.25) is 5.95 Å². The van der Waals surface area contributed by atoms with Gasteiger partial charge in [0.05, 0.1) is 7.11 Å². The van der Waals surface area contributed by atoms with Gasteiger partial charge in [-0.1, -0.05) is 13.3 Å². The van der Waals surface area contributed by atoms with Gasteiger partial charge in [-0.25, -0.2) is 4.98 Å². The van der Waals surface area contributed by atoms with E-state index in [-0.39, 0.29) is 0 Å². The average Bonchev–Trinajstić information content (AvgIpc) is 2.57. The predicted molar refractivity (Wildman–Crippen MR) is 95.9 cm³/mol. The number of hydrogen-bond acceptors (Lipinski definition) is 5. The second kappa shape index (κ2) is 8.36. The van der Waals surface area contributed by atoms with Gasteiger partial charge in [0.1, 0.15) is 11.6 Å². The summed E-state index contributed by atoms with van der Waals surface area (Å²) in [5.74, 6) is 2.45. The molecule has 0 aliphatic heterocycles. The highest BCUT2D eigenvalue weighted by molar-refractivity contribution is 5.56. The van der Waals surface area contributed by atoms with Crippen molar-refractivity contribution in [1.29, 1.82) is 0 Å². The van der Waals surface area contributed by atoms with Crippen molar-refractivity contribution in [3.8, 4) is 5.75 Å². The molecule has 124 valence electrons. The first-order chi connectivity index (χ1) is 11.2. The fourth-order valence-electron chi connectivity index (χ4n) is 2.44. The van der Waals surface area contributed by atoms with Crippen molar-refractivity contribution in [2.45, 2.75) is 33.6 Å². The van der Waals surface area contributed by atoms with E-state index >= 15 is 0 Å². The van der Waals surface area contributed by atoms with E-state index < -0.39 is 0 Å². The predicted octanol–water partition coefficient (Wildman–Crippen LogP) is 4.03. The zero-order chi connectivity index (χ0) is 16.7. The van der Waals surface area contributed by atoms with Gasteiger partial charge in [0.25, 0.3) is 0 Å². The van der Waals surface area contributed by atoms with E-state index in [9.17, 15) is 0 Å². The zero-order valence-electron chi connectivity index (χ0n) is 14.5. The van der Waals surface area contributed by atoms with Crippen LogP contribution in [0.3, 0.4) is 0 Å². The molecule has 1 aromatic carbocycles. The monoisotopic (exact) mass is 314 g/mol. The summed E-state index contributed by atoms with van der Waals surface area (Å²) in [6.45, 7) is 8.31. The molecule has 2 aromatic rings. The quantitative estimate of drug-likeness (QED) is 0.797. The Balaban J connectivity index is 2.27. The molecule has 5 nitrogen and oxygen atoms in total. The van der Waals surface area contributed by atoms with E-state index in [1.54, 1.807) is 7.11 Å². The fourth-order valence-corrected chi connectivity index (χ4v) is 2.44. The lowest BCUT2D eigenvalue weighted by atomic mass is 10.2. The topological polar surface area (TPSA) is 50.3 Å². The van der Waals surface area contributed by atoms with Gasteiger partial charge in [-0.15, -0.1) is 0 Å². The van der Waals surface area contributed by atoms with Crippen molar-refractivity contribution >= 4 is 17.5 Å². The number of rotatable bonds is 8. The summed E-state index contributed by atoms with van der Waals surface area (Å²) < 4.78 is 5.18. The van der Waals surface area contributed by atoms with Crippen molar-refractivity contribution in [2.24, 2.45) is 0 Å². The fraction of sp³-hybridized carbons (Fsp3) is 0.444. The first-order valence-corrected chi connectivity index (χ1v) is 8.24. The van der Waals surface area contributed by atoms with Crippen molar-refractivity contribution < 1.29 is 4.74 Å². The molecule has 0 fully saturated rings. The largest absolute Gasteiger partial charge is 0.497 e. The third-order valence-corrected chi connectivity index (χ3v) is 3.71. The van der Waals surface area contributed by atoms with E-state index in [4.69, 9.17) is 4.74 Å². The molecule has 0 unspecified atom stereocenters. The summed E-state index contributed by atoms with van der Waals surface area (Å²) in [6.07, 6.45) is 2.02. The Labute approximate surface area is 138 Å². The Hall–Kier alpha value is -2.30. The third-order valence-electron chi connectivity index (χ3n) is 3.71. The SMILES string of the molecule is CCCc1cc(N(CC)CC)nc(Nc2ccc(OC)cc2)n1. The van der Waals surface area contributed by atoms with Crippen LogP contribution in [0.2, 0.25) is 0 Å². The van der Waals surface area contributed by atoms with E-state index in [1.165, 1.54) is 0 Å². The first-order valence-electron chi connectivity index (χ1n) is 8.24. The lowest BCUT2D eigenvalue weighted by molar-refractivity contribution is 0.415. The molecular formula is C18H26N4O. The summed E-state index contributed by atoms with van der Waals surface area (Å²) in [6, 6.07) is 9.86. The molecule has 0 aliphatic carbocycles. The molecule has 1 aromatic heterocycles. The Kier molecular flexibility index (Phi) is 6.20. The van der Waals surface area contributed by atoms with Crippen LogP contribution < -0.4 is 15.0 Å². The second-order valence-corrected chi connectivity index (χ2v) is 5.32. The highest BCUT2D eigenvalue weighted by Crippen LogP contribution is 2.21. The Morgan fingerprint density at radius 2 is 1.74 bits per heavy atom. The smallest absolute Gasteiger partial charge is 0.229 e. The van der Waals surface area contributed by atoms with Gasteiger partial charge in [-0.2, -0.15) is 4.98 Å². The van der Waals surface area contributed by atoms with Crippen molar-refractivity contribution in [3.05, 3.63) is 36.0 Å². The van der Waals surface area contributed by atoms with E-state index in [0.717, 1.165) is 48.9 Å². The van der Waals surface area contributed by atoms with Crippen LogP contribution in [0.4, 0.5) is 17.5 Å². The number of nitrogens with zero attached hydrogens (tertiary/aromatic N) is 3. The summed E-state index contributed by atoms with van der Waals surface area (Å²) in [7, 11) is 1.66. The van der Waals surface area contributed by atoms with Gasteiger partial charge >= 0.3 is 0 Å². The Bertz CT molecular complexity index is 609. The molecule has 0 spiro atoms. The highest BCUT2D eigenvalue weighted by Gasteiger charge is 2.09. The van der Waals surface area contributed by atoms with Crippen molar-refractivity contribution in [2.75, 3.05) is 30.4 Å². The van der Waals surface area contributed by atoms with E-state index in [2.05, 4.69) is 47.0 Å². The summed E-state index contributed by atoms with van der Waals surface area (Å²) in [5.41, 5.74) is 2.02. The van der Waals surface area contributed by atoms with Crippen molar-refractivity contribution in [1.82, 2.24) is 9.97 Å². The van der Waals surface area contributed by atoms with Crippen LogP contribution in [0.15, 0.2) is 30.3 Å². The summed E-state index contributed by atoms with van der Waals surface area (Å²) in [4.78, 5) is 11.5. The van der Waals surface area contributed by atoms with Crippen LogP contribution in [0.5, 0.6) is 5.75 Å². The Morgan fingerprint density at radius 1 is 1.04 bits per heavy atom. The van der Waals surface area contributed by atoms with Crippen molar-refractivity contribution in [3.63, 3.8) is 0 Å². The highest BCUT2D eigenvalue weighted by atomic mass is 16.5. The number of anilines is 3. The minimum atomic E-state index is 0.642. The van der Waals surface area contributed by atoms with Crippen LogP contribution in [-0.2, 0) is 6.42 Å². The number of hydrogen-bond donors (Lipinski definition) is 1. The van der Waals surface area contributed by atoms with Gasteiger partial charge in [-0.3, -0.25) is 0 Å². The maximum Gasteiger partial charge on any atom is 0.229 e. The lowest BCUT2D eigenvalue weighted by Crippen LogP contribution is -2.23. The van der Waals surface area contributed by atoms with Crippen LogP contribution in [-0.4, -0.2) is 30.2 Å². The molecule has 1 heterocycles. The molecule has 0 saturated carbocycles. The van der Waals surface area contributed by atoms with Crippen LogP contribution in [0.25, 0.3) is 0 Å². The number of ether oxygens (including phenoxy) is 1. The van der Waals surface area contributed by atoms with Crippen LogP contribution >= 0.6 is 0 Å². The molecule has 1 N–H and O–H groups in total. The minimum absolute atomic E-state index is 0.642. The number of nitrogens with one attached hydrogen (secondary N) is 1. The molecule has 23 heavy (non-hydrogen) atoms. The molecule has 0 radical (unpaired) electrons. The molecule has 5 heteroatoms. The van der Waals surface area contributed by atoms with Crippen LogP contribution in [0.1, 0.15) is 32.9 Å². The standard InChI is InChI=1S/C18H26N4O/c1-5-8-15-13-17(22(6-2)7-3)21-18(20-15)19-14-9-11-16(23-4)12-10-14/h9-13H,5-8H2,1-4H3,(H,19,20,21). The molecule has 2 rings (SSSR count). The van der Waals surface area contributed by atoms with E-state index in [1.807, 2.05) is 24.3 Å². The maximum atomic E-state index is 5.18. The summed E-state index contributed by atoms with van der Waals surface area (Å²) in [5, 5.41) is 3.29. The zero-order valence-corrected chi connectivity index (χ0v) is 14.5. The average molecular weight is 314 g/mol. The van der Waals surface area contributed by atoms with Gasteiger partial charge < -0.3 is 15.0 Å². The molecule has 0 bridgehead atoms. The third kappa shape index (κ3) is 4.58. The Morgan fingerprint density at radius 3 is 2.30 bits per heavy atom.